The van der Waals surface area contributed by atoms with Crippen LogP contribution in [0.3, 0.4) is 0 Å². The van der Waals surface area contributed by atoms with Crippen LogP contribution in [0.5, 0.6) is 0 Å². The minimum absolute atomic E-state index is 0.183. The van der Waals surface area contributed by atoms with Crippen molar-refractivity contribution in [3.8, 4) is 0 Å². The van der Waals surface area contributed by atoms with Crippen LogP contribution < -0.4 is 15.5 Å². The highest BCUT2D eigenvalue weighted by molar-refractivity contribution is 5.94. The number of urea groups is 1. The Kier molecular flexibility index (Phi) is 5.45. The quantitative estimate of drug-likeness (QED) is 0.731. The van der Waals surface area contributed by atoms with Crippen LogP contribution in [0.15, 0.2) is 24.3 Å². The van der Waals surface area contributed by atoms with Crippen molar-refractivity contribution in [2.75, 3.05) is 6.54 Å². The second-order valence-electron chi connectivity index (χ2n) is 6.88. The van der Waals surface area contributed by atoms with Gasteiger partial charge < -0.3 is 10.2 Å². The average molecular weight is 334 g/mol. The van der Waals surface area contributed by atoms with Gasteiger partial charge in [-0.15, -0.1) is 0 Å². The Morgan fingerprint density at radius 3 is 2.50 bits per heavy atom. The van der Waals surface area contributed by atoms with Gasteiger partial charge in [0.1, 0.15) is 12.4 Å². The summed E-state index contributed by atoms with van der Waals surface area (Å²) in [5.74, 6) is -0.543. The van der Waals surface area contributed by atoms with Crippen molar-refractivity contribution in [1.29, 1.82) is 0 Å². The molecule has 2 saturated carbocycles. The molecule has 1 atom stereocenters. The van der Waals surface area contributed by atoms with Gasteiger partial charge in [-0.05, 0) is 18.9 Å². The maximum atomic E-state index is 13.8. The van der Waals surface area contributed by atoms with Gasteiger partial charge in [-0.2, -0.15) is 0 Å². The fraction of sp³-hybridized carbons (Fsp3) is 0.556. The number of nitrogens with one attached hydrogen (secondary N) is 3. The highest BCUT2D eigenvalue weighted by Gasteiger charge is 2.35. The van der Waals surface area contributed by atoms with Gasteiger partial charge in [0.2, 0.25) is 0 Å². The number of carbonyl (C=O) groups excluding carboxylic acids is 2. The van der Waals surface area contributed by atoms with Crippen molar-refractivity contribution < 1.29 is 18.9 Å². The minimum Gasteiger partial charge on any atom is -0.335 e. The first kappa shape index (κ1) is 16.9. The molecule has 1 aromatic rings. The topological polar surface area (TPSA) is 62.6 Å². The van der Waals surface area contributed by atoms with Crippen LogP contribution in [0.25, 0.3) is 0 Å². The third-order valence-corrected chi connectivity index (χ3v) is 4.86. The molecule has 0 aliphatic heterocycles. The second-order valence-corrected chi connectivity index (χ2v) is 6.88. The first-order valence-electron chi connectivity index (χ1n) is 8.80. The zero-order valence-electron chi connectivity index (χ0n) is 13.8. The van der Waals surface area contributed by atoms with Gasteiger partial charge in [0.15, 0.2) is 6.54 Å². The van der Waals surface area contributed by atoms with Gasteiger partial charge in [0.05, 0.1) is 6.04 Å². The highest BCUT2D eigenvalue weighted by Crippen LogP contribution is 2.17. The lowest BCUT2D eigenvalue weighted by Gasteiger charge is -2.19. The predicted molar refractivity (Wildman–Crippen MR) is 87.9 cm³/mol. The smallest absolute Gasteiger partial charge is 0.321 e. The molecule has 0 spiro atoms. The number of hydrogen-bond donors (Lipinski definition) is 3. The van der Waals surface area contributed by atoms with Crippen molar-refractivity contribution >= 4 is 11.9 Å². The molecule has 3 N–H and O–H groups in total. The van der Waals surface area contributed by atoms with Crippen LogP contribution in [0, 0.1) is 5.82 Å². The van der Waals surface area contributed by atoms with Gasteiger partial charge >= 0.3 is 6.03 Å². The minimum atomic E-state index is -0.409. The Balaban J connectivity index is 1.50. The van der Waals surface area contributed by atoms with E-state index in [0.717, 1.165) is 43.4 Å². The van der Waals surface area contributed by atoms with Crippen molar-refractivity contribution in [1.82, 2.24) is 10.6 Å². The summed E-state index contributed by atoms with van der Waals surface area (Å²) >= 11 is 0. The lowest BCUT2D eigenvalue weighted by atomic mass is 10.2. The summed E-state index contributed by atoms with van der Waals surface area (Å²) in [7, 11) is 0. The zero-order valence-corrected chi connectivity index (χ0v) is 13.8. The van der Waals surface area contributed by atoms with Gasteiger partial charge in [0, 0.05) is 24.4 Å². The van der Waals surface area contributed by atoms with E-state index in [0.29, 0.717) is 18.2 Å². The van der Waals surface area contributed by atoms with Gasteiger partial charge in [0.25, 0.3) is 5.91 Å². The molecule has 3 amide bonds. The third kappa shape index (κ3) is 4.77. The lowest BCUT2D eigenvalue weighted by molar-refractivity contribution is -0.917. The molecule has 1 unspecified atom stereocenters. The molecule has 0 bridgehead atoms. The van der Waals surface area contributed by atoms with Crippen LogP contribution in [-0.2, 0) is 11.3 Å². The van der Waals surface area contributed by atoms with Crippen molar-refractivity contribution in [2.45, 2.75) is 57.2 Å². The Hall–Kier alpha value is -1.95. The van der Waals surface area contributed by atoms with Crippen LogP contribution in [0.4, 0.5) is 9.18 Å². The predicted octanol–water partition coefficient (Wildman–Crippen LogP) is 1.14. The molecule has 5 nitrogen and oxygen atoms in total. The molecule has 1 aromatic carbocycles. The molecule has 2 aliphatic rings. The Labute approximate surface area is 141 Å². The number of benzene rings is 1. The number of imide groups is 1. The molecular formula is C18H25FN3O2+. The molecule has 2 fully saturated rings. The molecule has 0 radical (unpaired) electrons. The first-order valence-corrected chi connectivity index (χ1v) is 8.80. The SMILES string of the molecule is O=C(C[NH+](Cc1ccccc1F)C1CC1)NC(=O)NC1CCCC1. The number of rotatable bonds is 6. The number of hydrogen-bond acceptors (Lipinski definition) is 2. The van der Waals surface area contributed by atoms with Crippen LogP contribution >= 0.6 is 0 Å². The molecule has 0 heterocycles. The zero-order chi connectivity index (χ0) is 16.9. The Morgan fingerprint density at radius 1 is 1.12 bits per heavy atom. The summed E-state index contributed by atoms with van der Waals surface area (Å²) in [5, 5.41) is 5.26. The number of amides is 3. The van der Waals surface area contributed by atoms with Crippen LogP contribution in [-0.4, -0.2) is 30.6 Å². The average Bonchev–Trinajstić information content (AvgIpc) is 3.27. The van der Waals surface area contributed by atoms with Gasteiger partial charge in [-0.3, -0.25) is 10.1 Å². The Bertz CT molecular complexity index is 598. The van der Waals surface area contributed by atoms with E-state index < -0.39 is 6.03 Å². The molecule has 0 aromatic heterocycles. The van der Waals surface area contributed by atoms with Gasteiger partial charge in [-0.25, -0.2) is 9.18 Å². The van der Waals surface area contributed by atoms with Crippen molar-refractivity contribution in [3.05, 3.63) is 35.6 Å². The van der Waals surface area contributed by atoms with E-state index in [-0.39, 0.29) is 24.3 Å². The van der Waals surface area contributed by atoms with Crippen LogP contribution in [0.1, 0.15) is 44.1 Å². The summed E-state index contributed by atoms with van der Waals surface area (Å²) in [4.78, 5) is 25.1. The second kappa shape index (κ2) is 7.75. The maximum Gasteiger partial charge on any atom is 0.321 e. The summed E-state index contributed by atoms with van der Waals surface area (Å²) in [6.45, 7) is 0.659. The molecule has 130 valence electrons. The molecule has 0 saturated heterocycles. The highest BCUT2D eigenvalue weighted by atomic mass is 19.1. The van der Waals surface area contributed by atoms with Gasteiger partial charge in [-0.1, -0.05) is 31.0 Å². The maximum absolute atomic E-state index is 13.8. The fourth-order valence-corrected chi connectivity index (χ4v) is 3.40. The molecule has 3 rings (SSSR count). The molecule has 6 heteroatoms. The number of carbonyl (C=O) groups is 2. The molecule has 2 aliphatic carbocycles. The summed E-state index contributed by atoms with van der Waals surface area (Å²) in [5.41, 5.74) is 0.614. The number of quaternary nitrogens is 1. The monoisotopic (exact) mass is 334 g/mol. The summed E-state index contributed by atoms with van der Waals surface area (Å²) in [6.07, 6.45) is 6.31. The largest absolute Gasteiger partial charge is 0.335 e. The lowest BCUT2D eigenvalue weighted by Crippen LogP contribution is -3.13. The van der Waals surface area contributed by atoms with E-state index >= 15 is 0 Å². The Morgan fingerprint density at radius 2 is 1.83 bits per heavy atom. The van der Waals surface area contributed by atoms with E-state index in [1.807, 2.05) is 0 Å². The van der Waals surface area contributed by atoms with E-state index in [1.165, 1.54) is 6.07 Å². The summed E-state index contributed by atoms with van der Waals surface area (Å²) in [6, 6.07) is 6.81. The molecular weight excluding hydrogens is 309 g/mol. The summed E-state index contributed by atoms with van der Waals surface area (Å²) < 4.78 is 13.8. The fourth-order valence-electron chi connectivity index (χ4n) is 3.40. The van der Waals surface area contributed by atoms with Crippen LogP contribution in [0.2, 0.25) is 0 Å². The number of halogens is 1. The van der Waals surface area contributed by atoms with Crippen molar-refractivity contribution in [2.24, 2.45) is 0 Å². The van der Waals surface area contributed by atoms with E-state index in [2.05, 4.69) is 10.6 Å². The standard InChI is InChI=1S/C18H24FN3O2/c19-16-8-4-1-5-13(16)11-22(15-9-10-15)12-17(23)21-18(24)20-14-6-2-3-7-14/h1,4-5,8,14-15H,2-3,6-7,9-12H2,(H2,20,21,23,24)/p+1. The molecule has 24 heavy (non-hydrogen) atoms. The van der Waals surface area contributed by atoms with Crippen molar-refractivity contribution in [3.63, 3.8) is 0 Å². The van der Waals surface area contributed by atoms with E-state index in [9.17, 15) is 14.0 Å². The first-order chi connectivity index (χ1) is 11.6. The van der Waals surface area contributed by atoms with E-state index in [1.54, 1.807) is 18.2 Å². The normalized spacial score (nSPS) is 19.0. The van der Waals surface area contributed by atoms with E-state index in [4.69, 9.17) is 0 Å². The third-order valence-electron chi connectivity index (χ3n) is 4.86.